The molecule has 3 aromatic rings. The number of nitrogens with one attached hydrogen (secondary N) is 1. The van der Waals surface area contributed by atoms with Gasteiger partial charge in [0.25, 0.3) is 5.91 Å². The molecule has 6 heteroatoms. The summed E-state index contributed by atoms with van der Waals surface area (Å²) in [6, 6.07) is 19.1. The third kappa shape index (κ3) is 5.01. The van der Waals surface area contributed by atoms with Gasteiger partial charge < -0.3 is 10.1 Å². The quantitative estimate of drug-likeness (QED) is 0.648. The second-order valence-electron chi connectivity index (χ2n) is 6.03. The van der Waals surface area contributed by atoms with E-state index in [1.54, 1.807) is 24.3 Å². The molecule has 0 aliphatic carbocycles. The van der Waals surface area contributed by atoms with Gasteiger partial charge in [0.2, 0.25) is 0 Å². The molecule has 1 unspecified atom stereocenters. The lowest BCUT2D eigenvalue weighted by Gasteiger charge is -2.19. The zero-order valence-electron chi connectivity index (χ0n) is 14.8. The Morgan fingerprint density at radius 3 is 1.89 bits per heavy atom. The summed E-state index contributed by atoms with van der Waals surface area (Å²) in [7, 11) is 0. The normalized spacial score (nSPS) is 11.5. The molecule has 0 saturated heterocycles. The number of hydrogen-bond acceptors (Lipinski definition) is 3. The number of halogens is 2. The molecular formula is C22H17F2NO3. The van der Waals surface area contributed by atoms with E-state index in [1.807, 2.05) is 6.07 Å². The van der Waals surface area contributed by atoms with E-state index in [4.69, 9.17) is 4.74 Å². The lowest BCUT2D eigenvalue weighted by Crippen LogP contribution is -2.30. The molecule has 3 aromatic carbocycles. The number of carbonyl (C=O) groups is 2. The maximum absolute atomic E-state index is 13.1. The molecule has 0 aromatic heterocycles. The van der Waals surface area contributed by atoms with Crippen molar-refractivity contribution in [2.24, 2.45) is 0 Å². The van der Waals surface area contributed by atoms with E-state index in [0.29, 0.717) is 5.56 Å². The summed E-state index contributed by atoms with van der Waals surface area (Å²) < 4.78 is 31.6. The van der Waals surface area contributed by atoms with Crippen molar-refractivity contribution in [2.45, 2.75) is 6.10 Å². The van der Waals surface area contributed by atoms with Gasteiger partial charge in [-0.3, -0.25) is 4.79 Å². The third-order valence-corrected chi connectivity index (χ3v) is 4.06. The minimum Gasteiger partial charge on any atom is -0.452 e. The molecule has 0 radical (unpaired) electrons. The van der Waals surface area contributed by atoms with Gasteiger partial charge in [0.1, 0.15) is 17.7 Å². The molecule has 0 spiro atoms. The minimum atomic E-state index is -0.747. The van der Waals surface area contributed by atoms with Crippen LogP contribution in [0.4, 0.5) is 8.78 Å². The largest absolute Gasteiger partial charge is 0.452 e. The highest BCUT2D eigenvalue weighted by Crippen LogP contribution is 2.19. The van der Waals surface area contributed by atoms with Gasteiger partial charge >= 0.3 is 5.97 Å². The topological polar surface area (TPSA) is 55.4 Å². The fraction of sp³-hybridized carbons (Fsp3) is 0.0909. The van der Waals surface area contributed by atoms with E-state index in [9.17, 15) is 18.4 Å². The van der Waals surface area contributed by atoms with Gasteiger partial charge in [-0.1, -0.05) is 30.3 Å². The molecule has 1 atom stereocenters. The molecule has 0 saturated carbocycles. The average molecular weight is 381 g/mol. The summed E-state index contributed by atoms with van der Waals surface area (Å²) in [6.07, 6.45) is -0.747. The number of amides is 1. The number of esters is 1. The number of carbonyl (C=O) groups excluding carboxylic acids is 2. The van der Waals surface area contributed by atoms with Crippen LogP contribution in [0.25, 0.3) is 0 Å². The van der Waals surface area contributed by atoms with Crippen molar-refractivity contribution in [3.8, 4) is 0 Å². The molecule has 0 aliphatic heterocycles. The van der Waals surface area contributed by atoms with Gasteiger partial charge in [-0.15, -0.1) is 0 Å². The first-order chi connectivity index (χ1) is 13.5. The summed E-state index contributed by atoms with van der Waals surface area (Å²) in [5.41, 5.74) is 1.18. The van der Waals surface area contributed by atoms with Crippen molar-refractivity contribution in [3.63, 3.8) is 0 Å². The Bertz CT molecular complexity index is 942. The second-order valence-corrected chi connectivity index (χ2v) is 6.03. The van der Waals surface area contributed by atoms with Crippen molar-refractivity contribution < 1.29 is 23.1 Å². The SMILES string of the molecule is O=C(NCC(OC(=O)c1ccc(F)cc1)c1ccccc1)c1ccc(F)cc1. The molecule has 0 heterocycles. The van der Waals surface area contributed by atoms with E-state index in [-0.39, 0.29) is 17.7 Å². The third-order valence-electron chi connectivity index (χ3n) is 4.06. The molecule has 1 N–H and O–H groups in total. The van der Waals surface area contributed by atoms with E-state index < -0.39 is 29.6 Å². The van der Waals surface area contributed by atoms with Crippen LogP contribution in [0.1, 0.15) is 32.4 Å². The summed E-state index contributed by atoms with van der Waals surface area (Å²) in [5, 5.41) is 2.68. The summed E-state index contributed by atoms with van der Waals surface area (Å²) in [5.74, 6) is -1.95. The maximum atomic E-state index is 13.1. The maximum Gasteiger partial charge on any atom is 0.338 e. The van der Waals surface area contributed by atoms with Crippen molar-refractivity contribution in [2.75, 3.05) is 6.54 Å². The van der Waals surface area contributed by atoms with Crippen LogP contribution in [-0.2, 0) is 4.74 Å². The molecule has 1 amide bonds. The first kappa shape index (κ1) is 19.2. The van der Waals surface area contributed by atoms with Crippen LogP contribution in [0, 0.1) is 11.6 Å². The molecule has 3 rings (SSSR count). The van der Waals surface area contributed by atoms with Gasteiger partial charge in [-0.05, 0) is 54.1 Å². The van der Waals surface area contributed by atoms with Crippen LogP contribution >= 0.6 is 0 Å². The molecule has 4 nitrogen and oxygen atoms in total. The minimum absolute atomic E-state index is 0.0210. The highest BCUT2D eigenvalue weighted by Gasteiger charge is 2.19. The molecule has 0 fully saturated rings. The summed E-state index contributed by atoms with van der Waals surface area (Å²) in [4.78, 5) is 24.7. The first-order valence-corrected chi connectivity index (χ1v) is 8.58. The smallest absolute Gasteiger partial charge is 0.338 e. The van der Waals surface area contributed by atoms with E-state index in [0.717, 1.165) is 0 Å². The van der Waals surface area contributed by atoms with Crippen LogP contribution in [0.2, 0.25) is 0 Å². The number of ether oxygens (including phenoxy) is 1. The standard InChI is InChI=1S/C22H17F2NO3/c23-18-10-6-16(7-11-18)21(26)25-14-20(15-4-2-1-3-5-15)28-22(27)17-8-12-19(24)13-9-17/h1-13,20H,14H2,(H,25,26). The van der Waals surface area contributed by atoms with Crippen LogP contribution in [0.15, 0.2) is 78.9 Å². The van der Waals surface area contributed by atoms with Gasteiger partial charge in [0, 0.05) is 5.56 Å². The highest BCUT2D eigenvalue weighted by atomic mass is 19.1. The van der Waals surface area contributed by atoms with Gasteiger partial charge in [-0.2, -0.15) is 0 Å². The Balaban J connectivity index is 1.72. The fourth-order valence-electron chi connectivity index (χ4n) is 2.57. The van der Waals surface area contributed by atoms with E-state index in [2.05, 4.69) is 5.32 Å². The van der Waals surface area contributed by atoms with Crippen molar-refractivity contribution in [3.05, 3.63) is 107 Å². The predicted octanol–water partition coefficient (Wildman–Crippen LogP) is 4.29. The molecule has 142 valence electrons. The van der Waals surface area contributed by atoms with Crippen molar-refractivity contribution in [1.82, 2.24) is 5.32 Å². The van der Waals surface area contributed by atoms with Crippen molar-refractivity contribution in [1.29, 1.82) is 0 Å². The van der Waals surface area contributed by atoms with Gasteiger partial charge in [0.05, 0.1) is 12.1 Å². The fourth-order valence-corrected chi connectivity index (χ4v) is 2.57. The second kappa shape index (κ2) is 8.90. The van der Waals surface area contributed by atoms with E-state index in [1.165, 1.54) is 48.5 Å². The predicted molar refractivity (Wildman–Crippen MR) is 99.7 cm³/mol. The van der Waals surface area contributed by atoms with E-state index >= 15 is 0 Å². The Kier molecular flexibility index (Phi) is 6.11. The van der Waals surface area contributed by atoms with Crippen LogP contribution < -0.4 is 5.32 Å². The Hall–Kier alpha value is -3.54. The number of hydrogen-bond donors (Lipinski definition) is 1. The van der Waals surface area contributed by atoms with Crippen molar-refractivity contribution >= 4 is 11.9 Å². The number of benzene rings is 3. The lowest BCUT2D eigenvalue weighted by molar-refractivity contribution is 0.0293. The Morgan fingerprint density at radius 1 is 0.786 bits per heavy atom. The van der Waals surface area contributed by atoms with Crippen LogP contribution in [-0.4, -0.2) is 18.4 Å². The molecule has 0 bridgehead atoms. The van der Waals surface area contributed by atoms with Crippen LogP contribution in [0.5, 0.6) is 0 Å². The zero-order valence-corrected chi connectivity index (χ0v) is 14.8. The van der Waals surface area contributed by atoms with Gasteiger partial charge in [0.15, 0.2) is 0 Å². The number of rotatable bonds is 6. The summed E-state index contributed by atoms with van der Waals surface area (Å²) >= 11 is 0. The van der Waals surface area contributed by atoms with Gasteiger partial charge in [-0.25, -0.2) is 13.6 Å². The summed E-state index contributed by atoms with van der Waals surface area (Å²) in [6.45, 7) is 0.0210. The zero-order chi connectivity index (χ0) is 19.9. The molecule has 0 aliphatic rings. The Labute approximate surface area is 160 Å². The first-order valence-electron chi connectivity index (χ1n) is 8.58. The molecule has 28 heavy (non-hydrogen) atoms. The average Bonchev–Trinajstić information content (AvgIpc) is 2.72. The lowest BCUT2D eigenvalue weighted by atomic mass is 10.1. The molecular weight excluding hydrogens is 364 g/mol. The Morgan fingerprint density at radius 2 is 1.32 bits per heavy atom. The monoisotopic (exact) mass is 381 g/mol. The van der Waals surface area contributed by atoms with Crippen LogP contribution in [0.3, 0.4) is 0 Å². The highest BCUT2D eigenvalue weighted by molar-refractivity contribution is 5.94.